The molecule has 2 atom stereocenters. The van der Waals surface area contributed by atoms with Crippen LogP contribution in [0.2, 0.25) is 0 Å². The summed E-state index contributed by atoms with van der Waals surface area (Å²) in [5.41, 5.74) is 6.66. The number of nitrogen functional groups attached to an aromatic ring is 1. The third-order valence-corrected chi connectivity index (χ3v) is 3.41. The monoisotopic (exact) mass is 251 g/mol. The van der Waals surface area contributed by atoms with Gasteiger partial charge in [-0.05, 0) is 18.2 Å². The van der Waals surface area contributed by atoms with Crippen molar-refractivity contribution >= 4 is 5.82 Å². The number of ether oxygens (including phenoxy) is 1. The minimum Gasteiger partial charge on any atom is -0.390 e. The summed E-state index contributed by atoms with van der Waals surface area (Å²) in [6.45, 7) is 5.50. The third kappa shape index (κ3) is 3.19. The van der Waals surface area contributed by atoms with Gasteiger partial charge in [0.2, 0.25) is 0 Å². The molecular weight excluding hydrogens is 230 g/mol. The van der Waals surface area contributed by atoms with Gasteiger partial charge in [-0.2, -0.15) is 0 Å². The predicted molar refractivity (Wildman–Crippen MR) is 70.2 cm³/mol. The maximum Gasteiger partial charge on any atom is 0.126 e. The zero-order valence-electron chi connectivity index (χ0n) is 10.7. The van der Waals surface area contributed by atoms with E-state index in [1.807, 2.05) is 12.1 Å². The Kier molecular flexibility index (Phi) is 4.52. The average molecular weight is 251 g/mol. The van der Waals surface area contributed by atoms with Crippen LogP contribution in [0.15, 0.2) is 18.3 Å². The Bertz CT molecular complexity index is 386. The molecule has 1 saturated heterocycles. The third-order valence-electron chi connectivity index (χ3n) is 3.41. The molecule has 5 heteroatoms. The first-order valence-electron chi connectivity index (χ1n) is 6.42. The number of morpholine rings is 1. The molecule has 100 valence electrons. The highest BCUT2D eigenvalue weighted by atomic mass is 16.5. The van der Waals surface area contributed by atoms with Crippen LogP contribution in [0.1, 0.15) is 12.5 Å². The normalized spacial score (nSPS) is 22.9. The molecule has 0 amide bonds. The largest absolute Gasteiger partial charge is 0.390 e. The number of aromatic nitrogens is 1. The van der Waals surface area contributed by atoms with Crippen LogP contribution in [0.25, 0.3) is 0 Å². The molecule has 2 unspecified atom stereocenters. The Morgan fingerprint density at radius 3 is 3.22 bits per heavy atom. The van der Waals surface area contributed by atoms with Crippen molar-refractivity contribution in [2.45, 2.75) is 25.6 Å². The molecule has 3 N–H and O–H groups in total. The first-order valence-corrected chi connectivity index (χ1v) is 6.42. The fourth-order valence-electron chi connectivity index (χ4n) is 2.23. The van der Waals surface area contributed by atoms with Crippen LogP contribution in [0.4, 0.5) is 5.82 Å². The zero-order valence-corrected chi connectivity index (χ0v) is 10.7. The molecule has 1 aliphatic heterocycles. The van der Waals surface area contributed by atoms with Gasteiger partial charge in [-0.3, -0.25) is 4.90 Å². The van der Waals surface area contributed by atoms with Crippen molar-refractivity contribution in [2.24, 2.45) is 0 Å². The number of aliphatic hydroxyl groups excluding tert-OH is 1. The number of pyridine rings is 1. The lowest BCUT2D eigenvalue weighted by Crippen LogP contribution is -2.48. The topological polar surface area (TPSA) is 71.6 Å². The lowest BCUT2D eigenvalue weighted by Gasteiger charge is -2.34. The molecule has 0 aliphatic carbocycles. The predicted octanol–water partition coefficient (Wildman–Crippen LogP) is 0.288. The fraction of sp³-hybridized carbons (Fsp3) is 0.615. The minimum atomic E-state index is -0.536. The maximum atomic E-state index is 10.2. The smallest absolute Gasteiger partial charge is 0.126 e. The molecule has 0 bridgehead atoms. The quantitative estimate of drug-likeness (QED) is 0.804. The van der Waals surface area contributed by atoms with Gasteiger partial charge in [-0.15, -0.1) is 0 Å². The van der Waals surface area contributed by atoms with E-state index in [-0.39, 0.29) is 6.10 Å². The van der Waals surface area contributed by atoms with Gasteiger partial charge in [0.05, 0.1) is 18.8 Å². The Hall–Kier alpha value is -1.17. The molecular formula is C13H21N3O2. The second-order valence-corrected chi connectivity index (χ2v) is 4.62. The van der Waals surface area contributed by atoms with Gasteiger partial charge in [-0.1, -0.05) is 13.0 Å². The molecule has 1 fully saturated rings. The van der Waals surface area contributed by atoms with Gasteiger partial charge in [0.25, 0.3) is 0 Å². The van der Waals surface area contributed by atoms with Crippen LogP contribution in [0.5, 0.6) is 0 Å². The highest BCUT2D eigenvalue weighted by Crippen LogP contribution is 2.15. The highest BCUT2D eigenvalue weighted by Gasteiger charge is 2.26. The summed E-state index contributed by atoms with van der Waals surface area (Å²) in [6.07, 6.45) is 1.47. The van der Waals surface area contributed by atoms with E-state index in [0.29, 0.717) is 18.8 Å². The number of nitrogens with two attached hydrogens (primary N) is 1. The van der Waals surface area contributed by atoms with Crippen molar-refractivity contribution in [3.8, 4) is 0 Å². The van der Waals surface area contributed by atoms with Crippen molar-refractivity contribution in [3.63, 3.8) is 0 Å². The average Bonchev–Trinajstić information content (AvgIpc) is 2.41. The molecule has 1 aromatic heterocycles. The molecule has 0 spiro atoms. The number of anilines is 1. The Labute approximate surface area is 108 Å². The molecule has 18 heavy (non-hydrogen) atoms. The molecule has 2 heterocycles. The second-order valence-electron chi connectivity index (χ2n) is 4.62. The lowest BCUT2D eigenvalue weighted by atomic mass is 10.0. The SMILES string of the molecule is CCN1CCOC(C(O)Cc2cccnc2N)C1. The van der Waals surface area contributed by atoms with Crippen LogP contribution in [-0.4, -0.2) is 53.4 Å². The summed E-state index contributed by atoms with van der Waals surface area (Å²) < 4.78 is 5.63. The van der Waals surface area contributed by atoms with E-state index >= 15 is 0 Å². The zero-order chi connectivity index (χ0) is 13.0. The van der Waals surface area contributed by atoms with Gasteiger partial charge in [0.1, 0.15) is 5.82 Å². The Morgan fingerprint density at radius 1 is 1.67 bits per heavy atom. The van der Waals surface area contributed by atoms with Gasteiger partial charge >= 0.3 is 0 Å². The van der Waals surface area contributed by atoms with E-state index < -0.39 is 6.10 Å². The van der Waals surface area contributed by atoms with Crippen molar-refractivity contribution in [1.82, 2.24) is 9.88 Å². The summed E-state index contributed by atoms with van der Waals surface area (Å²) in [5, 5.41) is 10.2. The van der Waals surface area contributed by atoms with E-state index in [0.717, 1.165) is 25.2 Å². The molecule has 0 radical (unpaired) electrons. The van der Waals surface area contributed by atoms with Crippen molar-refractivity contribution in [2.75, 3.05) is 32.0 Å². The van der Waals surface area contributed by atoms with E-state index in [2.05, 4.69) is 16.8 Å². The summed E-state index contributed by atoms with van der Waals surface area (Å²) in [6, 6.07) is 3.73. The van der Waals surface area contributed by atoms with Crippen molar-refractivity contribution in [3.05, 3.63) is 23.9 Å². The number of nitrogens with zero attached hydrogens (tertiary/aromatic N) is 2. The summed E-state index contributed by atoms with van der Waals surface area (Å²) in [4.78, 5) is 6.31. The van der Waals surface area contributed by atoms with Crippen LogP contribution >= 0.6 is 0 Å². The lowest BCUT2D eigenvalue weighted by molar-refractivity contribution is -0.0867. The Balaban J connectivity index is 1.95. The van der Waals surface area contributed by atoms with Gasteiger partial charge in [0.15, 0.2) is 0 Å². The first kappa shape index (κ1) is 13.3. The standard InChI is InChI=1S/C13H21N3O2/c1-2-16-6-7-18-12(9-16)11(17)8-10-4-3-5-15-13(10)14/h3-5,11-12,17H,2,6-9H2,1H3,(H2,14,15). The van der Waals surface area contributed by atoms with E-state index in [9.17, 15) is 5.11 Å². The number of hydrogen-bond donors (Lipinski definition) is 2. The summed E-state index contributed by atoms with van der Waals surface area (Å²) in [5.74, 6) is 0.486. The van der Waals surface area contributed by atoms with Crippen LogP contribution in [0, 0.1) is 0 Å². The van der Waals surface area contributed by atoms with Gasteiger partial charge in [-0.25, -0.2) is 4.98 Å². The number of aliphatic hydroxyl groups is 1. The van der Waals surface area contributed by atoms with Crippen molar-refractivity contribution in [1.29, 1.82) is 0 Å². The van der Waals surface area contributed by atoms with Crippen molar-refractivity contribution < 1.29 is 9.84 Å². The number of likely N-dealkylation sites (N-methyl/N-ethyl adjacent to an activating group) is 1. The van der Waals surface area contributed by atoms with E-state index in [4.69, 9.17) is 10.5 Å². The molecule has 1 aliphatic rings. The molecule has 0 aromatic carbocycles. The minimum absolute atomic E-state index is 0.140. The van der Waals surface area contributed by atoms with Crippen LogP contribution in [0.3, 0.4) is 0 Å². The number of hydrogen-bond acceptors (Lipinski definition) is 5. The summed E-state index contributed by atoms with van der Waals surface area (Å²) in [7, 11) is 0. The molecule has 1 aromatic rings. The van der Waals surface area contributed by atoms with E-state index in [1.54, 1.807) is 6.20 Å². The molecule has 2 rings (SSSR count). The highest BCUT2D eigenvalue weighted by molar-refractivity contribution is 5.38. The van der Waals surface area contributed by atoms with E-state index in [1.165, 1.54) is 0 Å². The first-order chi connectivity index (χ1) is 8.70. The maximum absolute atomic E-state index is 10.2. The molecule has 0 saturated carbocycles. The van der Waals surface area contributed by atoms with Crippen LogP contribution in [-0.2, 0) is 11.2 Å². The molecule has 5 nitrogen and oxygen atoms in total. The van der Waals surface area contributed by atoms with Gasteiger partial charge < -0.3 is 15.6 Å². The summed E-state index contributed by atoms with van der Waals surface area (Å²) >= 11 is 0. The van der Waals surface area contributed by atoms with Crippen LogP contribution < -0.4 is 5.73 Å². The second kappa shape index (κ2) is 6.13. The Morgan fingerprint density at radius 2 is 2.50 bits per heavy atom. The van der Waals surface area contributed by atoms with Gasteiger partial charge in [0, 0.05) is 25.7 Å². The fourth-order valence-corrected chi connectivity index (χ4v) is 2.23. The number of rotatable bonds is 4.